The van der Waals surface area contributed by atoms with Crippen LogP contribution in [0.5, 0.6) is 5.75 Å². The fourth-order valence-electron chi connectivity index (χ4n) is 3.20. The number of aryl methyl sites for hydroxylation is 1. The average molecular weight is 481 g/mol. The van der Waals surface area contributed by atoms with Gasteiger partial charge in [-0.05, 0) is 59.6 Å². The number of ether oxygens (including phenoxy) is 2. The molecule has 6 nitrogen and oxygen atoms in total. The van der Waals surface area contributed by atoms with Crippen molar-refractivity contribution in [2.75, 3.05) is 31.9 Å². The Labute approximate surface area is 181 Å². The maximum atomic E-state index is 14.3. The Morgan fingerprint density at radius 3 is 2.57 bits per heavy atom. The first-order chi connectivity index (χ1) is 14.1. The highest BCUT2D eigenvalue weighted by molar-refractivity contribution is 9.10. The van der Waals surface area contributed by atoms with Crippen LogP contribution in [0.15, 0.2) is 34.8 Å². The van der Waals surface area contributed by atoms with Crippen molar-refractivity contribution < 1.29 is 18.3 Å². The van der Waals surface area contributed by atoms with E-state index in [2.05, 4.69) is 36.0 Å². The lowest BCUT2D eigenvalue weighted by molar-refractivity contribution is -0.0698. The number of nitrogens with zero attached hydrogens (tertiary/aromatic N) is 2. The zero-order valence-corrected chi connectivity index (χ0v) is 18.7. The predicted octanol–water partition coefficient (Wildman–Crippen LogP) is 5.20. The van der Waals surface area contributed by atoms with Crippen molar-refractivity contribution in [3.63, 3.8) is 0 Å². The molecule has 1 aromatic heterocycles. The minimum atomic E-state index is -3.14. The molecule has 0 fully saturated rings. The second-order valence-corrected chi connectivity index (χ2v) is 7.87. The van der Waals surface area contributed by atoms with Gasteiger partial charge in [0, 0.05) is 29.8 Å². The largest absolute Gasteiger partial charge is 0.495 e. The van der Waals surface area contributed by atoms with Crippen molar-refractivity contribution in [3.05, 3.63) is 51.8 Å². The summed E-state index contributed by atoms with van der Waals surface area (Å²) in [6, 6.07) is 7.70. The number of alkyl halides is 2. The molecule has 0 aliphatic carbocycles. The van der Waals surface area contributed by atoms with E-state index in [1.54, 1.807) is 20.1 Å². The third kappa shape index (κ3) is 4.62. The second-order valence-electron chi connectivity index (χ2n) is 7.02. The lowest BCUT2D eigenvalue weighted by atomic mass is 10.00. The van der Waals surface area contributed by atoms with Gasteiger partial charge in [0.2, 0.25) is 0 Å². The van der Waals surface area contributed by atoms with Gasteiger partial charge in [-0.3, -0.25) is 0 Å². The van der Waals surface area contributed by atoms with Crippen LogP contribution in [0, 0.1) is 6.92 Å². The number of benzene rings is 2. The van der Waals surface area contributed by atoms with Crippen LogP contribution in [0.1, 0.15) is 29.9 Å². The molecule has 0 aliphatic rings. The molecule has 3 N–H and O–H groups in total. The van der Waals surface area contributed by atoms with Gasteiger partial charge in [-0.15, -0.1) is 0 Å². The summed E-state index contributed by atoms with van der Waals surface area (Å²) in [6.07, 6.45) is 0. The summed E-state index contributed by atoms with van der Waals surface area (Å²) < 4.78 is 39.4. The number of methoxy groups -OCH3 is 2. The molecule has 0 radical (unpaired) electrons. The minimum Gasteiger partial charge on any atom is -0.495 e. The van der Waals surface area contributed by atoms with Crippen LogP contribution in [0.3, 0.4) is 0 Å². The number of fused-ring (bicyclic) bond motifs is 1. The third-order valence-electron chi connectivity index (χ3n) is 4.66. The average Bonchev–Trinajstić information content (AvgIpc) is 2.67. The molecule has 30 heavy (non-hydrogen) atoms. The van der Waals surface area contributed by atoms with Gasteiger partial charge >= 0.3 is 0 Å². The van der Waals surface area contributed by atoms with Crippen LogP contribution < -0.4 is 15.8 Å². The molecule has 0 saturated carbocycles. The normalized spacial score (nSPS) is 12.8. The molecule has 0 unspecified atom stereocenters. The zero-order chi connectivity index (χ0) is 22.1. The van der Waals surface area contributed by atoms with Crippen LogP contribution in [-0.2, 0) is 10.7 Å². The van der Waals surface area contributed by atoms with Crippen LogP contribution in [-0.4, -0.2) is 30.8 Å². The predicted molar refractivity (Wildman–Crippen MR) is 117 cm³/mol. The van der Waals surface area contributed by atoms with E-state index in [1.807, 2.05) is 19.1 Å². The van der Waals surface area contributed by atoms with E-state index in [-0.39, 0.29) is 17.3 Å². The van der Waals surface area contributed by atoms with Crippen molar-refractivity contribution in [1.82, 2.24) is 9.97 Å². The number of halogens is 3. The van der Waals surface area contributed by atoms with Gasteiger partial charge in [0.15, 0.2) is 0 Å². The van der Waals surface area contributed by atoms with Gasteiger partial charge in [0.25, 0.3) is 5.92 Å². The number of nitrogens with two attached hydrogens (primary N) is 1. The van der Waals surface area contributed by atoms with Gasteiger partial charge in [-0.1, -0.05) is 0 Å². The first-order valence-corrected chi connectivity index (χ1v) is 10.00. The number of rotatable bonds is 7. The van der Waals surface area contributed by atoms with Gasteiger partial charge < -0.3 is 20.5 Å². The van der Waals surface area contributed by atoms with E-state index in [4.69, 9.17) is 10.5 Å². The fraction of sp³-hybridized carbons (Fsp3) is 0.333. The number of hydrogen-bond acceptors (Lipinski definition) is 6. The molecule has 9 heteroatoms. The van der Waals surface area contributed by atoms with Gasteiger partial charge in [0.05, 0.1) is 23.1 Å². The standard InChI is InChI=1S/C21H23BrF2N4O2/c1-11(13-5-14(7-15(25)6-13)21(23,24)10-29-3)26-20-16-8-17(22)19(30-4)9-18(16)27-12(2)28-20/h5-9,11H,10,25H2,1-4H3,(H,26,27,28)/t11-/m1/s1. The van der Waals surface area contributed by atoms with E-state index in [0.717, 1.165) is 9.86 Å². The summed E-state index contributed by atoms with van der Waals surface area (Å²) in [5.74, 6) is -1.33. The molecule has 3 aromatic rings. The van der Waals surface area contributed by atoms with E-state index < -0.39 is 12.5 Å². The fourth-order valence-corrected chi connectivity index (χ4v) is 3.71. The lowest BCUT2D eigenvalue weighted by Crippen LogP contribution is -2.21. The van der Waals surface area contributed by atoms with Crippen molar-refractivity contribution >= 4 is 38.3 Å². The molecule has 2 aromatic carbocycles. The van der Waals surface area contributed by atoms with Crippen molar-refractivity contribution in [2.24, 2.45) is 0 Å². The quantitative estimate of drug-likeness (QED) is 0.452. The summed E-state index contributed by atoms with van der Waals surface area (Å²) in [7, 11) is 2.82. The molecule has 0 bridgehead atoms. The van der Waals surface area contributed by atoms with Crippen molar-refractivity contribution in [3.8, 4) is 5.75 Å². The van der Waals surface area contributed by atoms with Gasteiger partial charge in [-0.25, -0.2) is 9.97 Å². The Bertz CT molecular complexity index is 1080. The topological polar surface area (TPSA) is 82.3 Å². The van der Waals surface area contributed by atoms with Crippen molar-refractivity contribution in [2.45, 2.75) is 25.8 Å². The van der Waals surface area contributed by atoms with Crippen LogP contribution in [0.2, 0.25) is 0 Å². The van der Waals surface area contributed by atoms with Crippen LogP contribution in [0.4, 0.5) is 20.3 Å². The Morgan fingerprint density at radius 1 is 1.17 bits per heavy atom. The molecule has 0 aliphatic heterocycles. The first kappa shape index (κ1) is 22.2. The van der Waals surface area contributed by atoms with Crippen LogP contribution in [0.25, 0.3) is 10.9 Å². The summed E-state index contributed by atoms with van der Waals surface area (Å²) in [4.78, 5) is 8.97. The number of anilines is 2. The smallest absolute Gasteiger partial charge is 0.296 e. The second kappa shape index (κ2) is 8.69. The van der Waals surface area contributed by atoms with E-state index in [0.29, 0.717) is 28.5 Å². The highest BCUT2D eigenvalue weighted by atomic mass is 79.9. The summed E-state index contributed by atoms with van der Waals surface area (Å²) in [5.41, 5.74) is 7.28. The molecule has 3 rings (SSSR count). The van der Waals surface area contributed by atoms with E-state index in [1.165, 1.54) is 19.2 Å². The summed E-state index contributed by atoms with van der Waals surface area (Å²) in [6.45, 7) is 2.92. The van der Waals surface area contributed by atoms with Gasteiger partial charge in [-0.2, -0.15) is 8.78 Å². The SMILES string of the molecule is COCC(F)(F)c1cc(N)cc([C@@H](C)Nc2nc(C)nc3cc(OC)c(Br)cc23)c1. The maximum Gasteiger partial charge on any atom is 0.296 e. The Hall–Kier alpha value is -2.52. The highest BCUT2D eigenvalue weighted by Crippen LogP contribution is 2.35. The molecular formula is C21H23BrF2N4O2. The first-order valence-electron chi connectivity index (χ1n) is 9.20. The summed E-state index contributed by atoms with van der Waals surface area (Å²) >= 11 is 3.48. The molecule has 0 amide bonds. The number of nitrogen functional groups attached to an aromatic ring is 1. The minimum absolute atomic E-state index is 0.191. The molecular weight excluding hydrogens is 458 g/mol. The van der Waals surface area contributed by atoms with Gasteiger partial charge in [0.1, 0.15) is 24.0 Å². The molecule has 0 spiro atoms. The Morgan fingerprint density at radius 2 is 1.90 bits per heavy atom. The monoisotopic (exact) mass is 480 g/mol. The number of aromatic nitrogens is 2. The highest BCUT2D eigenvalue weighted by Gasteiger charge is 2.32. The Balaban J connectivity index is 2.00. The van der Waals surface area contributed by atoms with Crippen molar-refractivity contribution in [1.29, 1.82) is 0 Å². The van der Waals surface area contributed by atoms with E-state index in [9.17, 15) is 8.78 Å². The summed E-state index contributed by atoms with van der Waals surface area (Å²) in [5, 5.41) is 4.07. The maximum absolute atomic E-state index is 14.3. The lowest BCUT2D eigenvalue weighted by Gasteiger charge is -2.21. The molecule has 0 saturated heterocycles. The number of nitrogens with one attached hydrogen (secondary N) is 1. The molecule has 160 valence electrons. The zero-order valence-electron chi connectivity index (χ0n) is 17.1. The third-order valence-corrected chi connectivity index (χ3v) is 5.28. The Kier molecular flexibility index (Phi) is 6.42. The molecule has 1 heterocycles. The van der Waals surface area contributed by atoms with Crippen LogP contribution >= 0.6 is 15.9 Å². The van der Waals surface area contributed by atoms with E-state index >= 15 is 0 Å². The number of hydrogen-bond donors (Lipinski definition) is 2. The molecule has 1 atom stereocenters.